The van der Waals surface area contributed by atoms with E-state index in [0.29, 0.717) is 6.04 Å². The van der Waals surface area contributed by atoms with Crippen molar-refractivity contribution >= 4 is 5.96 Å². The number of nitrogens with zero attached hydrogens (tertiary/aromatic N) is 3. The van der Waals surface area contributed by atoms with Crippen LogP contribution in [-0.2, 0) is 4.74 Å². The molecule has 26 heavy (non-hydrogen) atoms. The molecule has 1 unspecified atom stereocenters. The SMILES string of the molecule is CCNC(=NCC1CCCN1CCOC)NCCCN1CCCCCC1. The zero-order valence-corrected chi connectivity index (χ0v) is 17.1. The molecule has 2 heterocycles. The molecule has 152 valence electrons. The molecule has 2 aliphatic heterocycles. The van der Waals surface area contributed by atoms with Gasteiger partial charge in [-0.2, -0.15) is 0 Å². The van der Waals surface area contributed by atoms with Crippen molar-refractivity contribution in [3.05, 3.63) is 0 Å². The standard InChI is InChI=1S/C20H41N5O/c1-3-21-20(22-11-9-14-24-12-6-4-5-7-13-24)23-18-19-10-8-15-25(19)16-17-26-2/h19H,3-18H2,1-2H3,(H2,21,22,23). The zero-order valence-electron chi connectivity index (χ0n) is 17.1. The Hall–Kier alpha value is -0.850. The molecular weight excluding hydrogens is 326 g/mol. The van der Waals surface area contributed by atoms with Crippen LogP contribution in [0.25, 0.3) is 0 Å². The van der Waals surface area contributed by atoms with Gasteiger partial charge in [-0.05, 0) is 65.2 Å². The molecule has 0 radical (unpaired) electrons. The van der Waals surface area contributed by atoms with Crippen molar-refractivity contribution in [2.45, 2.75) is 57.9 Å². The highest BCUT2D eigenvalue weighted by Gasteiger charge is 2.23. The van der Waals surface area contributed by atoms with Crippen molar-refractivity contribution in [1.29, 1.82) is 0 Å². The van der Waals surface area contributed by atoms with Crippen molar-refractivity contribution in [2.75, 3.05) is 66.1 Å². The van der Waals surface area contributed by atoms with E-state index >= 15 is 0 Å². The maximum absolute atomic E-state index is 5.23. The first-order valence-electron chi connectivity index (χ1n) is 10.8. The van der Waals surface area contributed by atoms with Gasteiger partial charge in [0.05, 0.1) is 13.2 Å². The van der Waals surface area contributed by atoms with Crippen LogP contribution in [0.5, 0.6) is 0 Å². The lowest BCUT2D eigenvalue weighted by Gasteiger charge is -2.23. The summed E-state index contributed by atoms with van der Waals surface area (Å²) in [5.74, 6) is 0.974. The summed E-state index contributed by atoms with van der Waals surface area (Å²) in [6.45, 7) is 11.7. The van der Waals surface area contributed by atoms with Gasteiger partial charge in [-0.1, -0.05) is 12.8 Å². The summed E-state index contributed by atoms with van der Waals surface area (Å²) in [5, 5.41) is 6.92. The number of hydrogen-bond acceptors (Lipinski definition) is 4. The summed E-state index contributed by atoms with van der Waals surface area (Å²) in [6, 6.07) is 0.567. The van der Waals surface area contributed by atoms with Gasteiger partial charge in [0, 0.05) is 32.8 Å². The first-order chi connectivity index (χ1) is 12.8. The number of methoxy groups -OCH3 is 1. The van der Waals surface area contributed by atoms with E-state index in [0.717, 1.165) is 38.7 Å². The molecule has 0 aromatic heterocycles. The van der Waals surface area contributed by atoms with E-state index in [4.69, 9.17) is 9.73 Å². The summed E-state index contributed by atoms with van der Waals surface area (Å²) >= 11 is 0. The molecule has 1 atom stereocenters. The third kappa shape index (κ3) is 8.23. The second kappa shape index (κ2) is 13.3. The fourth-order valence-electron chi connectivity index (χ4n) is 4.01. The summed E-state index contributed by atoms with van der Waals surface area (Å²) in [6.07, 6.45) is 9.29. The monoisotopic (exact) mass is 367 g/mol. The molecule has 2 aliphatic rings. The zero-order chi connectivity index (χ0) is 18.5. The Morgan fingerprint density at radius 1 is 1.04 bits per heavy atom. The predicted octanol–water partition coefficient (Wildman–Crippen LogP) is 1.92. The molecule has 6 heteroatoms. The van der Waals surface area contributed by atoms with Gasteiger partial charge in [0.1, 0.15) is 0 Å². The molecule has 0 amide bonds. The van der Waals surface area contributed by atoms with E-state index in [1.54, 1.807) is 7.11 Å². The van der Waals surface area contributed by atoms with Gasteiger partial charge in [0.2, 0.25) is 0 Å². The van der Waals surface area contributed by atoms with Gasteiger partial charge in [0.15, 0.2) is 5.96 Å². The van der Waals surface area contributed by atoms with Crippen LogP contribution in [0.4, 0.5) is 0 Å². The van der Waals surface area contributed by atoms with Crippen molar-refractivity contribution in [3.8, 4) is 0 Å². The van der Waals surface area contributed by atoms with Gasteiger partial charge in [-0.3, -0.25) is 9.89 Å². The van der Waals surface area contributed by atoms with E-state index in [2.05, 4.69) is 27.4 Å². The molecule has 2 fully saturated rings. The number of nitrogens with one attached hydrogen (secondary N) is 2. The molecule has 0 saturated carbocycles. The van der Waals surface area contributed by atoms with E-state index in [-0.39, 0.29) is 0 Å². The average molecular weight is 368 g/mol. The first kappa shape index (κ1) is 21.5. The second-order valence-corrected chi connectivity index (χ2v) is 7.58. The van der Waals surface area contributed by atoms with Gasteiger partial charge in [-0.15, -0.1) is 0 Å². The average Bonchev–Trinajstić information content (AvgIpc) is 2.94. The minimum atomic E-state index is 0.567. The molecular formula is C20H41N5O. The van der Waals surface area contributed by atoms with Crippen molar-refractivity contribution in [1.82, 2.24) is 20.4 Å². The van der Waals surface area contributed by atoms with Crippen LogP contribution in [0.2, 0.25) is 0 Å². The van der Waals surface area contributed by atoms with Crippen molar-refractivity contribution < 1.29 is 4.74 Å². The Labute approximate surface area is 160 Å². The molecule has 0 spiro atoms. The summed E-state index contributed by atoms with van der Waals surface area (Å²) < 4.78 is 5.23. The van der Waals surface area contributed by atoms with Crippen LogP contribution in [0.15, 0.2) is 4.99 Å². The lowest BCUT2D eigenvalue weighted by atomic mass is 10.2. The minimum Gasteiger partial charge on any atom is -0.383 e. The maximum atomic E-state index is 5.23. The molecule has 2 saturated heterocycles. The fraction of sp³-hybridized carbons (Fsp3) is 0.950. The summed E-state index contributed by atoms with van der Waals surface area (Å²) in [7, 11) is 1.78. The van der Waals surface area contributed by atoms with Crippen LogP contribution in [-0.4, -0.2) is 87.9 Å². The maximum Gasteiger partial charge on any atom is 0.191 e. The number of rotatable bonds is 10. The molecule has 0 aromatic rings. The largest absolute Gasteiger partial charge is 0.383 e. The minimum absolute atomic E-state index is 0.567. The first-order valence-corrected chi connectivity index (χ1v) is 10.8. The molecule has 2 rings (SSSR count). The molecule has 2 N–H and O–H groups in total. The number of guanidine groups is 1. The van der Waals surface area contributed by atoms with Gasteiger partial charge >= 0.3 is 0 Å². The Kier molecular flexibility index (Phi) is 11.0. The lowest BCUT2D eigenvalue weighted by Crippen LogP contribution is -2.40. The summed E-state index contributed by atoms with van der Waals surface area (Å²) in [4.78, 5) is 10.0. The van der Waals surface area contributed by atoms with E-state index < -0.39 is 0 Å². The number of aliphatic imine (C=N–C) groups is 1. The van der Waals surface area contributed by atoms with E-state index in [1.807, 2.05) is 0 Å². The molecule has 0 aliphatic carbocycles. The highest BCUT2D eigenvalue weighted by atomic mass is 16.5. The Bertz CT molecular complexity index is 382. The molecule has 6 nitrogen and oxygen atoms in total. The van der Waals surface area contributed by atoms with Crippen molar-refractivity contribution in [2.24, 2.45) is 4.99 Å². The normalized spacial score (nSPS) is 23.2. The number of likely N-dealkylation sites (tertiary alicyclic amines) is 2. The number of hydrogen-bond donors (Lipinski definition) is 2. The fourth-order valence-corrected chi connectivity index (χ4v) is 4.01. The highest BCUT2D eigenvalue weighted by Crippen LogP contribution is 2.16. The van der Waals surface area contributed by atoms with Crippen LogP contribution >= 0.6 is 0 Å². The summed E-state index contributed by atoms with van der Waals surface area (Å²) in [5.41, 5.74) is 0. The highest BCUT2D eigenvalue weighted by molar-refractivity contribution is 5.79. The third-order valence-electron chi connectivity index (χ3n) is 5.53. The van der Waals surface area contributed by atoms with Gasteiger partial charge < -0.3 is 20.3 Å². The predicted molar refractivity (Wildman–Crippen MR) is 110 cm³/mol. The molecule has 0 aromatic carbocycles. The van der Waals surface area contributed by atoms with E-state index in [1.165, 1.54) is 71.1 Å². The van der Waals surface area contributed by atoms with Crippen LogP contribution in [0.1, 0.15) is 51.9 Å². The Morgan fingerprint density at radius 2 is 1.85 bits per heavy atom. The lowest BCUT2D eigenvalue weighted by molar-refractivity contribution is 0.142. The Morgan fingerprint density at radius 3 is 2.58 bits per heavy atom. The number of ether oxygens (including phenoxy) is 1. The van der Waals surface area contributed by atoms with Gasteiger partial charge in [-0.25, -0.2) is 0 Å². The van der Waals surface area contributed by atoms with Crippen LogP contribution in [0, 0.1) is 0 Å². The van der Waals surface area contributed by atoms with Crippen LogP contribution < -0.4 is 10.6 Å². The smallest absolute Gasteiger partial charge is 0.191 e. The second-order valence-electron chi connectivity index (χ2n) is 7.58. The quantitative estimate of drug-likeness (QED) is 0.351. The van der Waals surface area contributed by atoms with Crippen molar-refractivity contribution in [3.63, 3.8) is 0 Å². The van der Waals surface area contributed by atoms with E-state index in [9.17, 15) is 0 Å². The Balaban J connectivity index is 1.68. The topological polar surface area (TPSA) is 52.1 Å². The molecule has 0 bridgehead atoms. The third-order valence-corrected chi connectivity index (χ3v) is 5.53. The van der Waals surface area contributed by atoms with Gasteiger partial charge in [0.25, 0.3) is 0 Å². The van der Waals surface area contributed by atoms with Crippen LogP contribution in [0.3, 0.4) is 0 Å².